The van der Waals surface area contributed by atoms with E-state index in [-0.39, 0.29) is 5.56 Å². The summed E-state index contributed by atoms with van der Waals surface area (Å²) >= 11 is 0. The maximum Gasteiger partial charge on any atom is 0.416 e. The van der Waals surface area contributed by atoms with Crippen LogP contribution in [0.15, 0.2) is 18.2 Å². The van der Waals surface area contributed by atoms with Crippen LogP contribution in [0.1, 0.15) is 11.1 Å². The van der Waals surface area contributed by atoms with Crippen molar-refractivity contribution < 1.29 is 21.6 Å². The molecule has 0 N–H and O–H groups in total. The van der Waals surface area contributed by atoms with Crippen LogP contribution in [0.4, 0.5) is 13.2 Å². The highest BCUT2D eigenvalue weighted by Crippen LogP contribution is 2.29. The Hall–Kier alpha value is -1.04. The van der Waals surface area contributed by atoms with Crippen molar-refractivity contribution in [2.24, 2.45) is 0 Å². The molecule has 1 aromatic rings. The first-order valence-corrected chi connectivity index (χ1v) is 4.95. The van der Waals surface area contributed by atoms with Gasteiger partial charge in [0.15, 0.2) is 0 Å². The van der Waals surface area contributed by atoms with Crippen molar-refractivity contribution in [1.82, 2.24) is 0 Å². The minimum absolute atomic E-state index is 0.0240. The molecule has 0 unspecified atom stereocenters. The molecule has 0 heterocycles. The van der Waals surface area contributed by atoms with Crippen molar-refractivity contribution in [2.45, 2.75) is 11.9 Å². The van der Waals surface area contributed by atoms with Gasteiger partial charge in [0.1, 0.15) is 10.7 Å². The normalized spacial score (nSPS) is 12.0. The van der Waals surface area contributed by atoms with E-state index in [0.717, 1.165) is 18.2 Å². The van der Waals surface area contributed by atoms with E-state index in [1.807, 2.05) is 0 Å². The minimum Gasteiger partial charge on any atom is -0.232 e. The van der Waals surface area contributed by atoms with Gasteiger partial charge in [0.2, 0.25) is 0 Å². The first-order valence-electron chi connectivity index (χ1n) is 3.59. The number of alkyl halides is 3. The van der Waals surface area contributed by atoms with E-state index in [2.05, 4.69) is 6.07 Å². The zero-order chi connectivity index (χ0) is 10.8. The summed E-state index contributed by atoms with van der Waals surface area (Å²) in [5.41, 5.74) is -0.834. The van der Waals surface area contributed by atoms with Gasteiger partial charge in [-0.2, -0.15) is 13.2 Å². The molecule has 1 aromatic carbocycles. The molecule has 1 rings (SSSR count). The van der Waals surface area contributed by atoms with Gasteiger partial charge in [0.25, 0.3) is 0 Å². The molecule has 77 valence electrons. The molecule has 0 amide bonds. The average Bonchev–Trinajstić information content (AvgIpc) is 2.01. The van der Waals surface area contributed by atoms with E-state index in [0.29, 0.717) is 0 Å². The fraction of sp³-hybridized carbons (Fsp3) is 0.250. The lowest BCUT2D eigenvalue weighted by molar-refractivity contribution is -0.137. The van der Waals surface area contributed by atoms with Crippen LogP contribution in [-0.4, -0.2) is 8.42 Å². The number of halogens is 3. The van der Waals surface area contributed by atoms with E-state index < -0.39 is 28.2 Å². The summed E-state index contributed by atoms with van der Waals surface area (Å²) in [5.74, 6) is -0.417. The first kappa shape index (κ1) is 11.0. The third-order valence-electron chi connectivity index (χ3n) is 1.49. The third-order valence-corrected chi connectivity index (χ3v) is 2.09. The fourth-order valence-electron chi connectivity index (χ4n) is 0.923. The summed E-state index contributed by atoms with van der Waals surface area (Å²) in [6.45, 7) is 0. The van der Waals surface area contributed by atoms with Crippen molar-refractivity contribution in [3.05, 3.63) is 35.4 Å². The number of thiol groups is 1. The Morgan fingerprint density at radius 1 is 1.36 bits per heavy atom. The quantitative estimate of drug-likeness (QED) is 0.773. The molecule has 0 aliphatic heterocycles. The van der Waals surface area contributed by atoms with Crippen molar-refractivity contribution in [3.63, 3.8) is 0 Å². The van der Waals surface area contributed by atoms with Gasteiger partial charge in [-0.3, -0.25) is 0 Å². The summed E-state index contributed by atoms with van der Waals surface area (Å²) < 4.78 is 57.0. The molecule has 0 bridgehead atoms. The lowest BCUT2D eigenvalue weighted by atomic mass is 10.1. The second-order valence-electron chi connectivity index (χ2n) is 2.59. The van der Waals surface area contributed by atoms with Crippen LogP contribution < -0.4 is 0 Å². The van der Waals surface area contributed by atoms with Crippen molar-refractivity contribution in [2.75, 3.05) is 0 Å². The SMILES string of the molecule is O=[SH](=O)Cc1[c]ccc(C(F)(F)F)c1. The Balaban J connectivity index is 3.01. The molecule has 14 heavy (non-hydrogen) atoms. The predicted molar refractivity (Wildman–Crippen MR) is 44.3 cm³/mol. The van der Waals surface area contributed by atoms with Crippen LogP contribution in [0.5, 0.6) is 0 Å². The second-order valence-corrected chi connectivity index (χ2v) is 3.57. The van der Waals surface area contributed by atoms with Gasteiger partial charge in [-0.25, -0.2) is 8.42 Å². The Kier molecular flexibility index (Phi) is 3.15. The molecule has 0 aliphatic rings. The summed E-state index contributed by atoms with van der Waals surface area (Å²) in [7, 11) is -2.72. The molecule has 0 spiro atoms. The molecule has 0 aliphatic carbocycles. The Labute approximate surface area is 80.3 Å². The summed E-state index contributed by atoms with van der Waals surface area (Å²) in [5, 5.41) is 0. The third kappa shape index (κ3) is 3.02. The van der Waals surface area contributed by atoms with E-state index in [1.54, 1.807) is 0 Å². The Bertz CT molecular complexity index is 388. The molecule has 0 saturated carbocycles. The highest BCUT2D eigenvalue weighted by Gasteiger charge is 2.30. The van der Waals surface area contributed by atoms with Gasteiger partial charge < -0.3 is 0 Å². The molecule has 0 saturated heterocycles. The van der Waals surface area contributed by atoms with E-state index >= 15 is 0 Å². The van der Waals surface area contributed by atoms with E-state index in [1.165, 1.54) is 0 Å². The second kappa shape index (κ2) is 4.00. The molecule has 0 aromatic heterocycles. The number of benzene rings is 1. The summed E-state index contributed by atoms with van der Waals surface area (Å²) in [6.07, 6.45) is -4.45. The molecule has 0 atom stereocenters. The van der Waals surface area contributed by atoms with Crippen molar-refractivity contribution >= 4 is 10.7 Å². The largest absolute Gasteiger partial charge is 0.416 e. The van der Waals surface area contributed by atoms with Gasteiger partial charge in [0, 0.05) is 0 Å². The molecule has 2 nitrogen and oxygen atoms in total. The summed E-state index contributed by atoms with van der Waals surface area (Å²) in [4.78, 5) is 0. The standard InChI is InChI=1S/C8H6F3O2S/c9-8(10,11)7-3-1-2-6(4-7)5-14(12)13/h1,3-4,14H,5H2. The van der Waals surface area contributed by atoms with Crippen LogP contribution in [0.3, 0.4) is 0 Å². The number of hydrogen-bond acceptors (Lipinski definition) is 2. The van der Waals surface area contributed by atoms with E-state index in [4.69, 9.17) is 0 Å². The highest BCUT2D eigenvalue weighted by molar-refractivity contribution is 7.71. The number of rotatable bonds is 2. The van der Waals surface area contributed by atoms with Crippen LogP contribution in [0.25, 0.3) is 0 Å². The topological polar surface area (TPSA) is 34.1 Å². The highest BCUT2D eigenvalue weighted by atomic mass is 32.2. The van der Waals surface area contributed by atoms with Crippen molar-refractivity contribution in [1.29, 1.82) is 0 Å². The zero-order valence-corrected chi connectivity index (χ0v) is 7.73. The van der Waals surface area contributed by atoms with Gasteiger partial charge in [-0.05, 0) is 23.8 Å². The zero-order valence-electron chi connectivity index (χ0n) is 6.84. The first-order chi connectivity index (χ1) is 6.39. The van der Waals surface area contributed by atoms with Crippen LogP contribution in [-0.2, 0) is 22.6 Å². The smallest absolute Gasteiger partial charge is 0.232 e. The van der Waals surface area contributed by atoms with Gasteiger partial charge in [-0.15, -0.1) is 0 Å². The van der Waals surface area contributed by atoms with Gasteiger partial charge >= 0.3 is 6.18 Å². The Morgan fingerprint density at radius 3 is 2.50 bits per heavy atom. The van der Waals surface area contributed by atoms with Crippen molar-refractivity contribution in [3.8, 4) is 0 Å². The van der Waals surface area contributed by atoms with Crippen LogP contribution >= 0.6 is 0 Å². The fourth-order valence-corrected chi connectivity index (χ4v) is 1.38. The lowest BCUT2D eigenvalue weighted by Gasteiger charge is -2.06. The Morgan fingerprint density at radius 2 is 2.00 bits per heavy atom. The van der Waals surface area contributed by atoms with Gasteiger partial charge in [0.05, 0.1) is 11.3 Å². The van der Waals surface area contributed by atoms with Crippen LogP contribution in [0, 0.1) is 6.07 Å². The molecule has 1 radical (unpaired) electrons. The average molecular weight is 223 g/mol. The molecule has 6 heteroatoms. The molecular formula is C8H6F3O2S. The minimum atomic E-state index is -4.45. The molecular weight excluding hydrogens is 217 g/mol. The summed E-state index contributed by atoms with van der Waals surface area (Å²) in [6, 6.07) is 5.13. The number of hydrogen-bond donors (Lipinski definition) is 1. The maximum atomic E-state index is 12.1. The lowest BCUT2D eigenvalue weighted by Crippen LogP contribution is -2.05. The van der Waals surface area contributed by atoms with Crippen LogP contribution in [0.2, 0.25) is 0 Å². The van der Waals surface area contributed by atoms with Gasteiger partial charge in [-0.1, -0.05) is 6.07 Å². The van der Waals surface area contributed by atoms with E-state index in [9.17, 15) is 21.6 Å². The predicted octanol–water partition coefficient (Wildman–Crippen LogP) is 1.62. The molecule has 0 fully saturated rings. The maximum absolute atomic E-state index is 12.1. The monoisotopic (exact) mass is 223 g/mol.